The minimum absolute atomic E-state index is 0.0279. The van der Waals surface area contributed by atoms with Crippen LogP contribution in [0.1, 0.15) is 33.6 Å². The van der Waals surface area contributed by atoms with E-state index in [0.717, 1.165) is 5.57 Å². The molecule has 0 fully saturated rings. The summed E-state index contributed by atoms with van der Waals surface area (Å²) in [7, 11) is 0. The molecule has 0 aliphatic carbocycles. The predicted octanol–water partition coefficient (Wildman–Crippen LogP) is 1.86. The van der Waals surface area contributed by atoms with Crippen LogP contribution in [0, 0.1) is 0 Å². The Morgan fingerprint density at radius 2 is 2.05 bits per heavy atom. The molecule has 0 saturated heterocycles. The zero-order valence-electron chi connectivity index (χ0n) is 12.6. The van der Waals surface area contributed by atoms with Crippen molar-refractivity contribution < 1.29 is 19.4 Å². The van der Waals surface area contributed by atoms with Crippen LogP contribution in [0.25, 0.3) is 0 Å². The van der Waals surface area contributed by atoms with E-state index >= 15 is 0 Å². The zero-order chi connectivity index (χ0) is 15.5. The number of hydrogen-bond acceptors (Lipinski definition) is 3. The predicted molar refractivity (Wildman–Crippen MR) is 77.7 cm³/mol. The Balaban J connectivity index is 3.97. The molecule has 0 aliphatic rings. The summed E-state index contributed by atoms with van der Waals surface area (Å²) >= 11 is 0. The molecule has 0 radical (unpaired) electrons. The Hall–Kier alpha value is -1.56. The van der Waals surface area contributed by atoms with Crippen molar-refractivity contribution in [3.8, 4) is 0 Å². The van der Waals surface area contributed by atoms with Crippen molar-refractivity contribution in [3.63, 3.8) is 0 Å². The van der Waals surface area contributed by atoms with E-state index in [1.165, 1.54) is 0 Å². The summed E-state index contributed by atoms with van der Waals surface area (Å²) in [5.41, 5.74) is 0.939. The van der Waals surface area contributed by atoms with Crippen LogP contribution in [0.4, 0.5) is 4.79 Å². The van der Waals surface area contributed by atoms with Crippen LogP contribution in [0.3, 0.4) is 0 Å². The standard InChI is InChI=1S/C14H26N2O4/c1-11(2)10-20-9-7-15-14(19)16(12(3)4)8-5-6-13(17)18/h12H,1,5-10H2,2-4H3,(H,15,19)(H,17,18). The van der Waals surface area contributed by atoms with Crippen molar-refractivity contribution in [1.82, 2.24) is 10.2 Å². The monoisotopic (exact) mass is 286 g/mol. The fraction of sp³-hybridized carbons (Fsp3) is 0.714. The van der Waals surface area contributed by atoms with Crippen LogP contribution in [-0.4, -0.2) is 54.4 Å². The highest BCUT2D eigenvalue weighted by Crippen LogP contribution is 2.02. The maximum absolute atomic E-state index is 12.0. The highest BCUT2D eigenvalue weighted by atomic mass is 16.5. The highest BCUT2D eigenvalue weighted by Gasteiger charge is 2.16. The van der Waals surface area contributed by atoms with Crippen molar-refractivity contribution in [2.45, 2.75) is 39.7 Å². The molecule has 0 atom stereocenters. The molecule has 0 rings (SSSR count). The summed E-state index contributed by atoms with van der Waals surface area (Å²) < 4.78 is 5.29. The quantitative estimate of drug-likeness (QED) is 0.474. The molecule has 116 valence electrons. The number of rotatable bonds is 10. The number of carbonyl (C=O) groups excluding carboxylic acids is 1. The highest BCUT2D eigenvalue weighted by molar-refractivity contribution is 5.74. The van der Waals surface area contributed by atoms with Crippen LogP contribution in [0.15, 0.2) is 12.2 Å². The van der Waals surface area contributed by atoms with E-state index in [2.05, 4.69) is 11.9 Å². The van der Waals surface area contributed by atoms with Crippen molar-refractivity contribution in [2.24, 2.45) is 0 Å². The number of nitrogens with one attached hydrogen (secondary N) is 1. The number of aliphatic carboxylic acids is 1. The summed E-state index contributed by atoms with van der Waals surface area (Å²) in [6, 6.07) is -0.163. The Morgan fingerprint density at radius 1 is 1.40 bits per heavy atom. The lowest BCUT2D eigenvalue weighted by molar-refractivity contribution is -0.137. The van der Waals surface area contributed by atoms with Crippen LogP contribution >= 0.6 is 0 Å². The van der Waals surface area contributed by atoms with Gasteiger partial charge in [-0.2, -0.15) is 0 Å². The first-order valence-electron chi connectivity index (χ1n) is 6.83. The van der Waals surface area contributed by atoms with E-state index < -0.39 is 5.97 Å². The second-order valence-electron chi connectivity index (χ2n) is 5.03. The first-order valence-corrected chi connectivity index (χ1v) is 6.83. The van der Waals surface area contributed by atoms with Gasteiger partial charge in [-0.05, 0) is 27.2 Å². The average molecular weight is 286 g/mol. The molecular weight excluding hydrogens is 260 g/mol. The SMILES string of the molecule is C=C(C)COCCNC(=O)N(CCCC(=O)O)C(C)C. The molecule has 0 spiro atoms. The lowest BCUT2D eigenvalue weighted by Gasteiger charge is -2.26. The van der Waals surface area contributed by atoms with E-state index in [1.54, 1.807) is 4.90 Å². The number of carbonyl (C=O) groups is 2. The Bertz CT molecular complexity index is 329. The van der Waals surface area contributed by atoms with Crippen molar-refractivity contribution in [1.29, 1.82) is 0 Å². The smallest absolute Gasteiger partial charge is 0.317 e. The number of amides is 2. The summed E-state index contributed by atoms with van der Waals surface area (Å²) in [6.45, 7) is 11.2. The molecule has 0 saturated carbocycles. The lowest BCUT2D eigenvalue weighted by atomic mass is 10.2. The number of ether oxygens (including phenoxy) is 1. The van der Waals surface area contributed by atoms with Gasteiger partial charge >= 0.3 is 12.0 Å². The zero-order valence-corrected chi connectivity index (χ0v) is 12.6. The Morgan fingerprint density at radius 3 is 2.55 bits per heavy atom. The molecule has 0 aromatic carbocycles. The Labute approximate surface area is 120 Å². The normalized spacial score (nSPS) is 10.4. The van der Waals surface area contributed by atoms with Gasteiger partial charge in [-0.1, -0.05) is 12.2 Å². The Kier molecular flexibility index (Phi) is 9.45. The van der Waals surface area contributed by atoms with Crippen LogP contribution < -0.4 is 5.32 Å². The molecule has 2 N–H and O–H groups in total. The molecular formula is C14H26N2O4. The molecule has 0 heterocycles. The minimum Gasteiger partial charge on any atom is -0.481 e. The van der Waals surface area contributed by atoms with E-state index in [1.807, 2.05) is 20.8 Å². The third kappa shape index (κ3) is 9.38. The van der Waals surface area contributed by atoms with E-state index in [9.17, 15) is 9.59 Å². The van der Waals surface area contributed by atoms with Gasteiger partial charge < -0.3 is 20.1 Å². The molecule has 6 heteroatoms. The van der Waals surface area contributed by atoms with E-state index in [0.29, 0.717) is 32.7 Å². The number of carboxylic acid groups (broad SMARTS) is 1. The van der Waals surface area contributed by atoms with Gasteiger partial charge in [0.15, 0.2) is 0 Å². The molecule has 0 bridgehead atoms. The summed E-state index contributed by atoms with van der Waals surface area (Å²) in [5.74, 6) is -0.845. The van der Waals surface area contributed by atoms with Crippen LogP contribution in [0.2, 0.25) is 0 Å². The van der Waals surface area contributed by atoms with Crippen molar-refractivity contribution in [2.75, 3.05) is 26.3 Å². The van der Waals surface area contributed by atoms with Crippen molar-refractivity contribution in [3.05, 3.63) is 12.2 Å². The lowest BCUT2D eigenvalue weighted by Crippen LogP contribution is -2.45. The first-order chi connectivity index (χ1) is 9.34. The molecule has 0 aromatic heterocycles. The molecule has 0 aliphatic heterocycles. The van der Waals surface area contributed by atoms with Gasteiger partial charge in [0.25, 0.3) is 0 Å². The third-order valence-corrected chi connectivity index (χ3v) is 2.54. The van der Waals surface area contributed by atoms with Gasteiger partial charge in [0.1, 0.15) is 0 Å². The van der Waals surface area contributed by atoms with E-state index in [-0.39, 0.29) is 18.5 Å². The van der Waals surface area contributed by atoms with Crippen molar-refractivity contribution >= 4 is 12.0 Å². The van der Waals surface area contributed by atoms with Gasteiger partial charge in [0.2, 0.25) is 0 Å². The first kappa shape index (κ1) is 18.4. The van der Waals surface area contributed by atoms with Gasteiger partial charge in [0, 0.05) is 25.6 Å². The third-order valence-electron chi connectivity index (χ3n) is 2.54. The van der Waals surface area contributed by atoms with Crippen LogP contribution in [-0.2, 0) is 9.53 Å². The molecule has 6 nitrogen and oxygen atoms in total. The molecule has 0 aromatic rings. The fourth-order valence-corrected chi connectivity index (χ4v) is 1.57. The number of nitrogens with zero attached hydrogens (tertiary/aromatic N) is 1. The summed E-state index contributed by atoms with van der Waals surface area (Å²) in [5, 5.41) is 11.4. The van der Waals surface area contributed by atoms with Gasteiger partial charge in [-0.25, -0.2) is 4.79 Å². The largest absolute Gasteiger partial charge is 0.481 e. The molecule has 2 amide bonds. The number of hydrogen-bond donors (Lipinski definition) is 2. The van der Waals surface area contributed by atoms with Gasteiger partial charge in [0.05, 0.1) is 13.2 Å². The number of carboxylic acids is 1. The average Bonchev–Trinajstić information content (AvgIpc) is 2.32. The number of urea groups is 1. The molecule has 0 unspecified atom stereocenters. The van der Waals surface area contributed by atoms with Gasteiger partial charge in [-0.3, -0.25) is 4.79 Å². The maximum atomic E-state index is 12.0. The summed E-state index contributed by atoms with van der Waals surface area (Å²) in [4.78, 5) is 24.1. The fourth-order valence-electron chi connectivity index (χ4n) is 1.57. The van der Waals surface area contributed by atoms with E-state index in [4.69, 9.17) is 9.84 Å². The second-order valence-corrected chi connectivity index (χ2v) is 5.03. The van der Waals surface area contributed by atoms with Crippen LogP contribution in [0.5, 0.6) is 0 Å². The maximum Gasteiger partial charge on any atom is 0.317 e. The topological polar surface area (TPSA) is 78.9 Å². The minimum atomic E-state index is -0.845. The second kappa shape index (κ2) is 10.3. The summed E-state index contributed by atoms with van der Waals surface area (Å²) in [6.07, 6.45) is 0.519. The molecule has 20 heavy (non-hydrogen) atoms. The van der Waals surface area contributed by atoms with Gasteiger partial charge in [-0.15, -0.1) is 0 Å².